The van der Waals surface area contributed by atoms with Crippen molar-refractivity contribution in [3.63, 3.8) is 0 Å². The molecule has 2 amide bonds. The summed E-state index contributed by atoms with van der Waals surface area (Å²) in [6.07, 6.45) is -4.15. The van der Waals surface area contributed by atoms with Gasteiger partial charge in [0.15, 0.2) is 0 Å². The van der Waals surface area contributed by atoms with E-state index in [4.69, 9.17) is 0 Å². The van der Waals surface area contributed by atoms with Crippen LogP contribution in [0.5, 0.6) is 0 Å². The third-order valence-corrected chi connectivity index (χ3v) is 6.76. The fourth-order valence-electron chi connectivity index (χ4n) is 5.11. The fraction of sp³-hybridized carbons (Fsp3) is 0.652. The van der Waals surface area contributed by atoms with Crippen molar-refractivity contribution >= 4 is 12.0 Å². The van der Waals surface area contributed by atoms with Crippen molar-refractivity contribution in [2.45, 2.75) is 57.9 Å². The third-order valence-electron chi connectivity index (χ3n) is 6.76. The van der Waals surface area contributed by atoms with Gasteiger partial charge in [-0.25, -0.2) is 4.39 Å². The van der Waals surface area contributed by atoms with E-state index in [2.05, 4.69) is 5.32 Å². The Bertz CT molecular complexity index is 877. The van der Waals surface area contributed by atoms with Crippen LogP contribution >= 0.6 is 0 Å². The lowest BCUT2D eigenvalue weighted by molar-refractivity contribution is -0.266. The minimum Gasteiger partial charge on any atom is -0.530 e. The van der Waals surface area contributed by atoms with Crippen LogP contribution in [0.4, 0.5) is 22.4 Å². The van der Waals surface area contributed by atoms with Crippen LogP contribution in [-0.4, -0.2) is 54.0 Å². The molecule has 1 saturated heterocycles. The van der Waals surface area contributed by atoms with E-state index in [1.54, 1.807) is 0 Å². The third kappa shape index (κ3) is 5.96. The lowest BCUT2D eigenvalue weighted by atomic mass is 9.96. The quantitative estimate of drug-likeness (QED) is 0.620. The van der Waals surface area contributed by atoms with Crippen LogP contribution < -0.4 is 10.4 Å². The molecule has 4 atom stereocenters. The molecule has 2 aliphatic rings. The summed E-state index contributed by atoms with van der Waals surface area (Å²) in [7, 11) is 1.33. The second kappa shape index (κ2) is 9.87. The standard InChI is InChI=1S/C23H31F4N3O3/c1-13(2)8-20(29(3)22(32)33)21(31)28-19-7-5-15-11-30(12-16(15)19)10-14-4-6-18(24)17(9-14)23(25,26)27/h4,6,9,13,15-16,19-20H,5,7-8,10-12H2,1-3H3,(H,28,31)(H,32,33)/p-1/t15-,16+,19+,20?/m0/s1. The monoisotopic (exact) mass is 472 g/mol. The van der Waals surface area contributed by atoms with E-state index in [1.165, 1.54) is 13.1 Å². The number of nitrogens with zero attached hydrogens (tertiary/aromatic N) is 2. The van der Waals surface area contributed by atoms with Crippen LogP contribution in [0.2, 0.25) is 0 Å². The highest BCUT2D eigenvalue weighted by atomic mass is 19.4. The van der Waals surface area contributed by atoms with Gasteiger partial charge < -0.3 is 20.1 Å². The summed E-state index contributed by atoms with van der Waals surface area (Å²) in [4.78, 5) is 27.2. The molecule has 10 heteroatoms. The minimum absolute atomic E-state index is 0.109. The molecule has 6 nitrogen and oxygen atoms in total. The van der Waals surface area contributed by atoms with Gasteiger partial charge in [-0.2, -0.15) is 13.2 Å². The maximum Gasteiger partial charge on any atom is 0.419 e. The number of benzene rings is 1. The van der Waals surface area contributed by atoms with Crippen LogP contribution in [-0.2, 0) is 17.5 Å². The Kier molecular flexibility index (Phi) is 7.55. The zero-order valence-corrected chi connectivity index (χ0v) is 19.0. The molecule has 1 saturated carbocycles. The molecule has 1 unspecified atom stereocenters. The number of carbonyl (C=O) groups excluding carboxylic acids is 2. The van der Waals surface area contributed by atoms with E-state index in [1.807, 2.05) is 18.7 Å². The van der Waals surface area contributed by atoms with Crippen molar-refractivity contribution in [2.24, 2.45) is 17.8 Å². The summed E-state index contributed by atoms with van der Waals surface area (Å²) in [6, 6.07) is 2.10. The molecule has 1 heterocycles. The number of amides is 2. The van der Waals surface area contributed by atoms with E-state index < -0.39 is 29.7 Å². The molecule has 0 bridgehead atoms. The summed E-state index contributed by atoms with van der Waals surface area (Å²) >= 11 is 0. The molecule has 0 aromatic heterocycles. The van der Waals surface area contributed by atoms with Crippen molar-refractivity contribution in [3.8, 4) is 0 Å². The highest BCUT2D eigenvalue weighted by Gasteiger charge is 2.44. The average molecular weight is 473 g/mol. The van der Waals surface area contributed by atoms with Gasteiger partial charge in [0.1, 0.15) is 18.0 Å². The number of nitrogens with one attached hydrogen (secondary N) is 1. The number of hydrogen-bond donors (Lipinski definition) is 1. The maximum atomic E-state index is 13.6. The topological polar surface area (TPSA) is 75.7 Å². The Morgan fingerprint density at radius 2 is 1.94 bits per heavy atom. The lowest BCUT2D eigenvalue weighted by Gasteiger charge is -2.32. The largest absolute Gasteiger partial charge is 0.530 e. The molecule has 3 rings (SSSR count). The zero-order chi connectivity index (χ0) is 24.5. The molecule has 33 heavy (non-hydrogen) atoms. The Labute approximate surface area is 190 Å². The molecule has 0 spiro atoms. The Hall–Kier alpha value is -2.36. The van der Waals surface area contributed by atoms with Gasteiger partial charge in [-0.1, -0.05) is 19.9 Å². The normalized spacial score (nSPS) is 24.1. The first-order chi connectivity index (χ1) is 15.4. The van der Waals surface area contributed by atoms with Crippen LogP contribution in [0, 0.1) is 23.6 Å². The highest BCUT2D eigenvalue weighted by molar-refractivity contribution is 5.85. The summed E-state index contributed by atoms with van der Waals surface area (Å²) in [6.45, 7) is 5.36. The number of hydrogen-bond acceptors (Lipinski definition) is 4. The predicted octanol–water partition coefficient (Wildman–Crippen LogP) is 2.86. The molecule has 2 fully saturated rings. The van der Waals surface area contributed by atoms with Gasteiger partial charge in [0.25, 0.3) is 0 Å². The molecular formula is C23H30F4N3O3-. The van der Waals surface area contributed by atoms with Crippen molar-refractivity contribution in [3.05, 3.63) is 35.1 Å². The molecule has 0 radical (unpaired) electrons. The number of alkyl halides is 3. The van der Waals surface area contributed by atoms with Crippen molar-refractivity contribution in [1.82, 2.24) is 15.1 Å². The Balaban J connectivity index is 1.64. The summed E-state index contributed by atoms with van der Waals surface area (Å²) < 4.78 is 52.6. The van der Waals surface area contributed by atoms with Crippen LogP contribution in [0.1, 0.15) is 44.2 Å². The molecule has 1 aliphatic heterocycles. The van der Waals surface area contributed by atoms with Gasteiger partial charge >= 0.3 is 6.18 Å². The van der Waals surface area contributed by atoms with Crippen LogP contribution in [0.3, 0.4) is 0 Å². The first-order valence-electron chi connectivity index (χ1n) is 11.2. The number of carboxylic acid groups (broad SMARTS) is 1. The van der Waals surface area contributed by atoms with E-state index in [0.29, 0.717) is 31.0 Å². The first-order valence-corrected chi connectivity index (χ1v) is 11.2. The van der Waals surface area contributed by atoms with Gasteiger partial charge in [0.2, 0.25) is 5.91 Å². The van der Waals surface area contributed by atoms with E-state index >= 15 is 0 Å². The fourth-order valence-corrected chi connectivity index (χ4v) is 5.11. The van der Waals surface area contributed by atoms with E-state index in [9.17, 15) is 32.3 Å². The van der Waals surface area contributed by atoms with Crippen LogP contribution in [0.25, 0.3) is 0 Å². The van der Waals surface area contributed by atoms with Crippen molar-refractivity contribution in [2.75, 3.05) is 20.1 Å². The SMILES string of the molecule is CC(C)CC(C(=O)N[C@@H]1CC[C@H]2CN(Cc3ccc(F)c(C(F)(F)F)c3)C[C@H]21)N(C)C(=O)[O-]. The first kappa shape index (κ1) is 25.3. The van der Waals surface area contributed by atoms with Gasteiger partial charge in [-0.3, -0.25) is 9.69 Å². The Morgan fingerprint density at radius 3 is 2.55 bits per heavy atom. The van der Waals surface area contributed by atoms with Crippen molar-refractivity contribution in [1.29, 1.82) is 0 Å². The number of carbonyl (C=O) groups is 2. The molecule has 1 N–H and O–H groups in total. The zero-order valence-electron chi connectivity index (χ0n) is 19.0. The number of likely N-dealkylation sites (N-methyl/N-ethyl adjacent to an activating group) is 1. The summed E-state index contributed by atoms with van der Waals surface area (Å²) in [5.74, 6) is -1.11. The number of halogens is 4. The average Bonchev–Trinajstić information content (AvgIpc) is 3.27. The van der Waals surface area contributed by atoms with E-state index in [-0.39, 0.29) is 30.3 Å². The van der Waals surface area contributed by atoms with Gasteiger partial charge in [-0.15, -0.1) is 0 Å². The number of rotatable bonds is 7. The number of likely N-dealkylation sites (tertiary alicyclic amines) is 1. The van der Waals surface area contributed by atoms with Crippen LogP contribution in [0.15, 0.2) is 18.2 Å². The van der Waals surface area contributed by atoms with Gasteiger partial charge in [0.05, 0.1) is 5.56 Å². The highest BCUT2D eigenvalue weighted by Crippen LogP contribution is 2.39. The summed E-state index contributed by atoms with van der Waals surface area (Å²) in [5, 5.41) is 14.3. The predicted molar refractivity (Wildman–Crippen MR) is 111 cm³/mol. The Morgan fingerprint density at radius 1 is 1.24 bits per heavy atom. The molecule has 1 aromatic rings. The lowest BCUT2D eigenvalue weighted by Crippen LogP contribution is -2.54. The smallest absolute Gasteiger partial charge is 0.419 e. The second-order valence-electron chi connectivity index (χ2n) is 9.64. The second-order valence-corrected chi connectivity index (χ2v) is 9.64. The molecule has 184 valence electrons. The molecule has 1 aliphatic carbocycles. The molecule has 1 aromatic carbocycles. The van der Waals surface area contributed by atoms with Gasteiger partial charge in [-0.05, 0) is 54.7 Å². The molecular weight excluding hydrogens is 442 g/mol. The van der Waals surface area contributed by atoms with Crippen molar-refractivity contribution < 1.29 is 32.3 Å². The summed E-state index contributed by atoms with van der Waals surface area (Å²) in [5.41, 5.74) is -0.880. The minimum atomic E-state index is -4.75. The maximum absolute atomic E-state index is 13.6. The van der Waals surface area contributed by atoms with Gasteiger partial charge in [0, 0.05) is 32.7 Å². The number of fused-ring (bicyclic) bond motifs is 1. The van der Waals surface area contributed by atoms with E-state index in [0.717, 1.165) is 29.9 Å².